The van der Waals surface area contributed by atoms with Gasteiger partial charge in [0.2, 0.25) is 0 Å². The number of aryl methyl sites for hydroxylation is 1. The number of hydrogen-bond donors (Lipinski definition) is 2. The predicted molar refractivity (Wildman–Crippen MR) is 83.3 cm³/mol. The van der Waals surface area contributed by atoms with Gasteiger partial charge in [-0.3, -0.25) is 14.9 Å². The first-order chi connectivity index (χ1) is 11.2. The van der Waals surface area contributed by atoms with Gasteiger partial charge in [0.15, 0.2) is 5.82 Å². The van der Waals surface area contributed by atoms with E-state index in [9.17, 15) is 10.1 Å². The van der Waals surface area contributed by atoms with E-state index in [0.29, 0.717) is 37.7 Å². The van der Waals surface area contributed by atoms with Crippen molar-refractivity contribution in [3.8, 4) is 6.07 Å². The van der Waals surface area contributed by atoms with E-state index < -0.39 is 5.91 Å². The molecule has 3 rings (SSSR count). The van der Waals surface area contributed by atoms with Crippen molar-refractivity contribution in [2.24, 2.45) is 0 Å². The van der Waals surface area contributed by atoms with Gasteiger partial charge in [-0.15, -0.1) is 0 Å². The van der Waals surface area contributed by atoms with E-state index in [1.165, 1.54) is 0 Å². The Labute approximate surface area is 133 Å². The Balaban J connectivity index is 1.80. The summed E-state index contributed by atoms with van der Waals surface area (Å²) in [5.74, 6) is 0.419. The fourth-order valence-corrected chi connectivity index (χ4v) is 2.31. The lowest BCUT2D eigenvalue weighted by atomic mass is 10.2. The number of morpholine rings is 1. The Morgan fingerprint density at radius 3 is 2.87 bits per heavy atom. The Hall–Kier alpha value is -2.92. The number of ether oxygens (including phenoxy) is 1. The molecule has 1 saturated heterocycles. The Morgan fingerprint density at radius 1 is 1.43 bits per heavy atom. The molecule has 0 aliphatic carbocycles. The molecule has 1 amide bonds. The smallest absolute Gasteiger partial charge is 0.275 e. The van der Waals surface area contributed by atoms with Crippen LogP contribution in [0.15, 0.2) is 18.3 Å². The van der Waals surface area contributed by atoms with Crippen molar-refractivity contribution >= 4 is 17.5 Å². The van der Waals surface area contributed by atoms with Gasteiger partial charge in [0, 0.05) is 19.3 Å². The Bertz CT molecular complexity index is 740. The molecule has 2 N–H and O–H groups in total. The van der Waals surface area contributed by atoms with E-state index in [4.69, 9.17) is 4.74 Å². The van der Waals surface area contributed by atoms with Crippen LogP contribution in [-0.2, 0) is 4.74 Å². The standard InChI is InChI=1S/C15H16N6O2/c1-10-2-3-12(17-9-10)15(22)18-13-11(8-16)14(20-19-13)21-4-6-23-7-5-21/h2-3,9H,4-7H2,1H3,(H2,18,19,20,22). The first kappa shape index (κ1) is 15.0. The highest BCUT2D eigenvalue weighted by Crippen LogP contribution is 2.24. The van der Waals surface area contributed by atoms with Gasteiger partial charge in [0.1, 0.15) is 23.1 Å². The van der Waals surface area contributed by atoms with Gasteiger partial charge in [-0.2, -0.15) is 10.4 Å². The molecule has 0 unspecified atom stereocenters. The summed E-state index contributed by atoms with van der Waals surface area (Å²) in [7, 11) is 0. The summed E-state index contributed by atoms with van der Waals surface area (Å²) >= 11 is 0. The second-order valence-corrected chi connectivity index (χ2v) is 5.18. The highest BCUT2D eigenvalue weighted by molar-refractivity contribution is 6.03. The quantitative estimate of drug-likeness (QED) is 0.878. The molecular weight excluding hydrogens is 296 g/mol. The Kier molecular flexibility index (Phi) is 4.21. The van der Waals surface area contributed by atoms with E-state index in [1.54, 1.807) is 18.3 Å². The van der Waals surface area contributed by atoms with Gasteiger partial charge in [-0.05, 0) is 18.6 Å². The second kappa shape index (κ2) is 6.46. The maximum atomic E-state index is 12.2. The third-order valence-electron chi connectivity index (χ3n) is 3.55. The summed E-state index contributed by atoms with van der Waals surface area (Å²) in [6, 6.07) is 5.54. The highest BCUT2D eigenvalue weighted by atomic mass is 16.5. The third kappa shape index (κ3) is 3.14. The monoisotopic (exact) mass is 312 g/mol. The molecule has 2 aromatic rings. The first-order valence-corrected chi connectivity index (χ1v) is 7.24. The highest BCUT2D eigenvalue weighted by Gasteiger charge is 2.22. The number of carbonyl (C=O) groups is 1. The summed E-state index contributed by atoms with van der Waals surface area (Å²) in [4.78, 5) is 18.2. The molecule has 1 aliphatic rings. The summed E-state index contributed by atoms with van der Waals surface area (Å²) in [5, 5.41) is 18.9. The number of rotatable bonds is 3. The van der Waals surface area contributed by atoms with Gasteiger partial charge in [0.25, 0.3) is 5.91 Å². The van der Waals surface area contributed by atoms with E-state index in [0.717, 1.165) is 5.56 Å². The van der Waals surface area contributed by atoms with E-state index >= 15 is 0 Å². The van der Waals surface area contributed by atoms with Gasteiger partial charge in [0.05, 0.1) is 13.2 Å². The van der Waals surface area contributed by atoms with Crippen molar-refractivity contribution < 1.29 is 9.53 Å². The number of pyridine rings is 1. The van der Waals surface area contributed by atoms with Gasteiger partial charge in [-0.25, -0.2) is 0 Å². The van der Waals surface area contributed by atoms with E-state index in [2.05, 4.69) is 26.6 Å². The summed E-state index contributed by atoms with van der Waals surface area (Å²) in [6.07, 6.45) is 1.62. The van der Waals surface area contributed by atoms with Crippen molar-refractivity contribution in [1.29, 1.82) is 5.26 Å². The summed E-state index contributed by atoms with van der Waals surface area (Å²) in [6.45, 7) is 4.39. The zero-order valence-corrected chi connectivity index (χ0v) is 12.7. The number of H-pyrrole nitrogens is 1. The molecular formula is C15H16N6O2. The topological polar surface area (TPSA) is 107 Å². The van der Waals surface area contributed by atoms with Gasteiger partial charge in [-0.1, -0.05) is 6.07 Å². The van der Waals surface area contributed by atoms with Crippen LogP contribution >= 0.6 is 0 Å². The molecule has 0 aromatic carbocycles. The minimum atomic E-state index is -0.390. The van der Waals surface area contributed by atoms with E-state index in [1.807, 2.05) is 11.8 Å². The zero-order chi connectivity index (χ0) is 16.2. The number of carbonyl (C=O) groups excluding carboxylic acids is 1. The third-order valence-corrected chi connectivity index (χ3v) is 3.55. The number of anilines is 2. The van der Waals surface area contributed by atoms with Crippen molar-refractivity contribution in [3.05, 3.63) is 35.2 Å². The number of nitriles is 1. The average Bonchev–Trinajstić information content (AvgIpc) is 2.98. The van der Waals surface area contributed by atoms with Crippen LogP contribution in [0.5, 0.6) is 0 Å². The zero-order valence-electron chi connectivity index (χ0n) is 12.7. The molecule has 118 valence electrons. The molecule has 1 aliphatic heterocycles. The lowest BCUT2D eigenvalue weighted by Crippen LogP contribution is -2.36. The largest absolute Gasteiger partial charge is 0.378 e. The first-order valence-electron chi connectivity index (χ1n) is 7.24. The van der Waals surface area contributed by atoms with Crippen LogP contribution in [0.3, 0.4) is 0 Å². The van der Waals surface area contributed by atoms with Crippen LogP contribution in [-0.4, -0.2) is 47.4 Å². The average molecular weight is 312 g/mol. The van der Waals surface area contributed by atoms with Crippen LogP contribution in [0.25, 0.3) is 0 Å². The summed E-state index contributed by atoms with van der Waals surface area (Å²) < 4.78 is 5.29. The normalized spacial score (nSPS) is 14.3. The van der Waals surface area contributed by atoms with Crippen LogP contribution < -0.4 is 10.2 Å². The fraction of sp³-hybridized carbons (Fsp3) is 0.333. The molecule has 3 heterocycles. The molecule has 0 radical (unpaired) electrons. The number of hydrogen-bond acceptors (Lipinski definition) is 6. The number of amides is 1. The number of aromatic amines is 1. The number of aromatic nitrogens is 3. The molecule has 23 heavy (non-hydrogen) atoms. The molecule has 8 heteroatoms. The summed E-state index contributed by atoms with van der Waals surface area (Å²) in [5.41, 5.74) is 1.56. The SMILES string of the molecule is Cc1ccc(C(=O)Nc2[nH]nc(N3CCOCC3)c2C#N)nc1. The molecule has 0 atom stereocenters. The minimum absolute atomic E-state index is 0.279. The van der Waals surface area contributed by atoms with Gasteiger partial charge < -0.3 is 15.0 Å². The maximum absolute atomic E-state index is 12.2. The van der Waals surface area contributed by atoms with Crippen LogP contribution in [0, 0.1) is 18.3 Å². The molecule has 1 fully saturated rings. The minimum Gasteiger partial charge on any atom is -0.378 e. The van der Waals surface area contributed by atoms with E-state index in [-0.39, 0.29) is 11.5 Å². The lowest BCUT2D eigenvalue weighted by Gasteiger charge is -2.26. The number of nitrogens with one attached hydrogen (secondary N) is 2. The van der Waals surface area contributed by atoms with Gasteiger partial charge >= 0.3 is 0 Å². The van der Waals surface area contributed by atoms with Crippen molar-refractivity contribution in [3.63, 3.8) is 0 Å². The lowest BCUT2D eigenvalue weighted by molar-refractivity contribution is 0.102. The molecule has 8 nitrogen and oxygen atoms in total. The number of nitrogens with zero attached hydrogens (tertiary/aromatic N) is 4. The molecule has 0 saturated carbocycles. The van der Waals surface area contributed by atoms with Crippen LogP contribution in [0.4, 0.5) is 11.6 Å². The molecule has 0 spiro atoms. The maximum Gasteiger partial charge on any atom is 0.275 e. The predicted octanol–water partition coefficient (Wildman–Crippen LogP) is 1.07. The fourth-order valence-electron chi connectivity index (χ4n) is 2.31. The van der Waals surface area contributed by atoms with Crippen molar-refractivity contribution in [2.45, 2.75) is 6.92 Å². The second-order valence-electron chi connectivity index (χ2n) is 5.18. The van der Waals surface area contributed by atoms with Crippen molar-refractivity contribution in [1.82, 2.24) is 15.2 Å². The van der Waals surface area contributed by atoms with Crippen LogP contribution in [0.1, 0.15) is 21.6 Å². The van der Waals surface area contributed by atoms with Crippen molar-refractivity contribution in [2.75, 3.05) is 36.5 Å². The van der Waals surface area contributed by atoms with Crippen LogP contribution in [0.2, 0.25) is 0 Å². The molecule has 2 aromatic heterocycles. The Morgan fingerprint density at radius 2 is 2.22 bits per heavy atom. The molecule has 0 bridgehead atoms.